The largest absolute Gasteiger partial charge is 0.612 e. The van der Waals surface area contributed by atoms with Gasteiger partial charge in [0, 0.05) is 6.42 Å². The van der Waals surface area contributed by atoms with Crippen LogP contribution in [0, 0.1) is 0 Å². The standard InChI is InChI=1S/C28H27F3N6O4S2/c1-43(40)22-10-5-7-19(15-22)17-25(39)33-27-37-36-26(42-27)11-3-2-8-20-12-13-23(35-34-20)32-24(38)16-18-6-4-9-21(14-18)41-28(29,30)31/h4-7,9-10,12-15H,2-3,8,11,16-17H2,1H3,(H,32,35,38)(H,33,37,39). The van der Waals surface area contributed by atoms with Gasteiger partial charge in [0.05, 0.1) is 18.5 Å². The number of hydrogen-bond acceptors (Lipinski definition) is 9. The monoisotopic (exact) mass is 632 g/mol. The van der Waals surface area contributed by atoms with Gasteiger partial charge >= 0.3 is 6.36 Å². The highest BCUT2D eigenvalue weighted by Gasteiger charge is 2.31. The van der Waals surface area contributed by atoms with Gasteiger partial charge in [0.15, 0.2) is 10.7 Å². The first kappa shape index (κ1) is 31.8. The maximum Gasteiger partial charge on any atom is 0.573 e. The number of aryl methyl sites for hydroxylation is 2. The van der Waals surface area contributed by atoms with Gasteiger partial charge in [-0.1, -0.05) is 35.6 Å². The first-order valence-electron chi connectivity index (χ1n) is 13.0. The van der Waals surface area contributed by atoms with Crippen molar-refractivity contribution in [1.82, 2.24) is 20.4 Å². The Morgan fingerprint density at radius 1 is 0.884 bits per heavy atom. The van der Waals surface area contributed by atoms with Crippen molar-refractivity contribution in [2.45, 2.75) is 49.8 Å². The maximum absolute atomic E-state index is 12.4. The predicted molar refractivity (Wildman–Crippen MR) is 155 cm³/mol. The van der Waals surface area contributed by atoms with Crippen LogP contribution in [-0.4, -0.2) is 49.4 Å². The van der Waals surface area contributed by atoms with E-state index in [1.54, 1.807) is 42.7 Å². The number of benzene rings is 2. The van der Waals surface area contributed by atoms with Crippen LogP contribution in [0.5, 0.6) is 5.75 Å². The van der Waals surface area contributed by atoms with Crippen LogP contribution in [0.2, 0.25) is 0 Å². The summed E-state index contributed by atoms with van der Waals surface area (Å²) in [5.74, 6) is -0.856. The van der Waals surface area contributed by atoms with Crippen molar-refractivity contribution in [2.75, 3.05) is 16.9 Å². The van der Waals surface area contributed by atoms with Gasteiger partial charge in [0.2, 0.25) is 16.9 Å². The summed E-state index contributed by atoms with van der Waals surface area (Å²) in [6.07, 6.45) is -0.318. The van der Waals surface area contributed by atoms with E-state index in [1.165, 1.54) is 23.5 Å². The molecular weight excluding hydrogens is 605 g/mol. The van der Waals surface area contributed by atoms with Gasteiger partial charge in [-0.2, -0.15) is 5.10 Å². The highest BCUT2D eigenvalue weighted by molar-refractivity contribution is 7.90. The zero-order chi connectivity index (χ0) is 30.8. The molecule has 2 aromatic carbocycles. The summed E-state index contributed by atoms with van der Waals surface area (Å²) in [5.41, 5.74) is 1.85. The number of carbonyl (C=O) groups excluding carboxylic acids is 2. The molecule has 0 radical (unpaired) electrons. The highest BCUT2D eigenvalue weighted by atomic mass is 32.2. The molecule has 0 aliphatic heterocycles. The number of aromatic nitrogens is 4. The number of hydrogen-bond donors (Lipinski definition) is 2. The lowest BCUT2D eigenvalue weighted by molar-refractivity contribution is -0.274. The lowest BCUT2D eigenvalue weighted by Crippen LogP contribution is -2.18. The number of amides is 2. The lowest BCUT2D eigenvalue weighted by atomic mass is 10.1. The molecule has 0 bridgehead atoms. The molecule has 43 heavy (non-hydrogen) atoms. The van der Waals surface area contributed by atoms with Gasteiger partial charge in [0.1, 0.15) is 17.0 Å². The fraction of sp³-hybridized carbons (Fsp3) is 0.286. The molecule has 10 nitrogen and oxygen atoms in total. The lowest BCUT2D eigenvalue weighted by Gasteiger charge is -2.10. The second-order valence-corrected chi connectivity index (χ2v) is 11.8. The topological polar surface area (TPSA) is 142 Å². The minimum atomic E-state index is -4.81. The molecule has 1 atom stereocenters. The van der Waals surface area contributed by atoms with E-state index in [2.05, 4.69) is 35.8 Å². The van der Waals surface area contributed by atoms with E-state index in [0.717, 1.165) is 41.2 Å². The van der Waals surface area contributed by atoms with Gasteiger partial charge in [0.25, 0.3) is 0 Å². The highest BCUT2D eigenvalue weighted by Crippen LogP contribution is 2.24. The molecule has 226 valence electrons. The summed E-state index contributed by atoms with van der Waals surface area (Å²) < 4.78 is 52.8. The van der Waals surface area contributed by atoms with Crippen LogP contribution in [0.4, 0.5) is 24.1 Å². The van der Waals surface area contributed by atoms with E-state index < -0.39 is 29.2 Å². The molecule has 15 heteroatoms. The first-order chi connectivity index (χ1) is 20.5. The van der Waals surface area contributed by atoms with Crippen molar-refractivity contribution in [1.29, 1.82) is 0 Å². The number of unbranched alkanes of at least 4 members (excludes halogenated alkanes) is 1. The normalized spacial score (nSPS) is 12.0. The summed E-state index contributed by atoms with van der Waals surface area (Å²) in [7, 11) is 0. The van der Waals surface area contributed by atoms with Crippen LogP contribution in [-0.2, 0) is 46.4 Å². The number of nitrogens with zero attached hydrogens (tertiary/aromatic N) is 4. The molecule has 2 heterocycles. The van der Waals surface area contributed by atoms with Crippen LogP contribution in [0.3, 0.4) is 0 Å². The molecule has 0 saturated carbocycles. The average Bonchev–Trinajstić information content (AvgIpc) is 3.38. The minimum Gasteiger partial charge on any atom is -0.612 e. The SMILES string of the molecule is C[S+]([O-])c1cccc(CC(=O)Nc2nnc(CCCCc3ccc(NC(=O)Cc4cccc(OC(F)(F)F)c4)nn3)s2)c1. The fourth-order valence-corrected chi connectivity index (χ4v) is 5.34. The van der Waals surface area contributed by atoms with E-state index in [9.17, 15) is 27.3 Å². The van der Waals surface area contributed by atoms with E-state index in [1.807, 2.05) is 0 Å². The molecule has 2 amide bonds. The van der Waals surface area contributed by atoms with Crippen molar-refractivity contribution < 1.29 is 32.0 Å². The zero-order valence-electron chi connectivity index (χ0n) is 22.9. The maximum atomic E-state index is 12.4. The molecule has 2 N–H and O–H groups in total. The van der Waals surface area contributed by atoms with Crippen LogP contribution in [0.15, 0.2) is 65.6 Å². The van der Waals surface area contributed by atoms with E-state index in [-0.39, 0.29) is 24.6 Å². The number of carbonyl (C=O) groups is 2. The number of halogens is 3. The summed E-state index contributed by atoms with van der Waals surface area (Å²) in [5, 5.41) is 22.8. The van der Waals surface area contributed by atoms with Crippen LogP contribution in [0.25, 0.3) is 0 Å². The number of alkyl halides is 3. The summed E-state index contributed by atoms with van der Waals surface area (Å²) in [6.45, 7) is 0. The van der Waals surface area contributed by atoms with Crippen LogP contribution >= 0.6 is 11.3 Å². The Morgan fingerprint density at radius 2 is 1.58 bits per heavy atom. The molecule has 1 unspecified atom stereocenters. The zero-order valence-corrected chi connectivity index (χ0v) is 24.5. The molecule has 2 aromatic heterocycles. The molecular formula is C28H27F3N6O4S2. The van der Waals surface area contributed by atoms with Gasteiger partial charge in [-0.05, 0) is 78.0 Å². The summed E-state index contributed by atoms with van der Waals surface area (Å²) in [4.78, 5) is 25.4. The molecule has 0 aliphatic carbocycles. The van der Waals surface area contributed by atoms with Crippen molar-refractivity contribution >= 4 is 45.3 Å². The average molecular weight is 633 g/mol. The van der Waals surface area contributed by atoms with Crippen molar-refractivity contribution in [2.24, 2.45) is 0 Å². The van der Waals surface area contributed by atoms with Gasteiger partial charge < -0.3 is 19.9 Å². The van der Waals surface area contributed by atoms with E-state index in [0.29, 0.717) is 28.4 Å². The Hall–Kier alpha value is -4.08. The second-order valence-electron chi connectivity index (χ2n) is 9.36. The first-order valence-corrected chi connectivity index (χ1v) is 15.4. The van der Waals surface area contributed by atoms with Crippen molar-refractivity contribution in [3.63, 3.8) is 0 Å². The van der Waals surface area contributed by atoms with Crippen molar-refractivity contribution in [3.8, 4) is 5.75 Å². The number of ether oxygens (including phenoxy) is 1. The Morgan fingerprint density at radius 3 is 2.28 bits per heavy atom. The Kier molecular flexibility index (Phi) is 11.0. The molecule has 0 fully saturated rings. The van der Waals surface area contributed by atoms with Gasteiger partial charge in [-0.25, -0.2) is 0 Å². The number of anilines is 2. The third-order valence-corrected chi connectivity index (χ3v) is 7.68. The number of nitrogens with one attached hydrogen (secondary N) is 2. The van der Waals surface area contributed by atoms with Crippen molar-refractivity contribution in [3.05, 3.63) is 82.5 Å². The number of rotatable bonds is 13. The van der Waals surface area contributed by atoms with E-state index in [4.69, 9.17) is 0 Å². The molecule has 0 spiro atoms. The molecule has 4 aromatic rings. The Labute approximate surface area is 252 Å². The summed E-state index contributed by atoms with van der Waals surface area (Å²) in [6, 6.07) is 15.6. The quantitative estimate of drug-likeness (QED) is 0.157. The van der Waals surface area contributed by atoms with Crippen LogP contribution in [0.1, 0.15) is 34.7 Å². The second kappa shape index (κ2) is 14.9. The van der Waals surface area contributed by atoms with Crippen LogP contribution < -0.4 is 15.4 Å². The van der Waals surface area contributed by atoms with Gasteiger partial charge in [-0.3, -0.25) is 9.59 Å². The molecule has 4 rings (SSSR count). The minimum absolute atomic E-state index is 0.137. The Balaban J connectivity index is 1.16. The third kappa shape index (κ3) is 10.9. The fourth-order valence-electron chi connectivity index (χ4n) is 3.96. The van der Waals surface area contributed by atoms with Gasteiger partial charge in [-0.15, -0.1) is 28.5 Å². The third-order valence-electron chi connectivity index (χ3n) is 5.87. The predicted octanol–water partition coefficient (Wildman–Crippen LogP) is 4.89. The molecule has 0 saturated heterocycles. The Bertz CT molecular complexity index is 1530. The molecule has 0 aliphatic rings. The van der Waals surface area contributed by atoms with E-state index >= 15 is 0 Å². The summed E-state index contributed by atoms with van der Waals surface area (Å²) >= 11 is 0.188. The smallest absolute Gasteiger partial charge is 0.573 e.